The Morgan fingerprint density at radius 1 is 0.396 bits per heavy atom. The third kappa shape index (κ3) is 75.2. The van der Waals surface area contributed by atoms with Crippen LogP contribution in [-0.2, 0) is 18.4 Å². The minimum atomic E-state index is -4.59. The summed E-state index contributed by atoms with van der Waals surface area (Å²) in [5.74, 6) is -0.158. The van der Waals surface area contributed by atoms with Crippen molar-refractivity contribution in [2.24, 2.45) is 0 Å². The molecule has 0 aliphatic rings. The van der Waals surface area contributed by atoms with Gasteiger partial charge in [-0.1, -0.05) is 395 Å². The zero-order valence-electron chi connectivity index (χ0n) is 61.3. The first-order valence-corrected chi connectivity index (χ1v) is 41.2. The summed E-state index contributed by atoms with van der Waals surface area (Å²) in [4.78, 5) is 25.7. The van der Waals surface area contributed by atoms with Crippen molar-refractivity contribution in [2.45, 2.75) is 405 Å². The number of likely N-dealkylation sites (N-methyl/N-ethyl adjacent to an activating group) is 1. The quantitative estimate of drug-likeness (QED) is 0.0272. The second kappa shape index (κ2) is 72.2. The van der Waals surface area contributed by atoms with Gasteiger partial charge >= 0.3 is 0 Å². The Labute approximate surface area is 567 Å². The van der Waals surface area contributed by atoms with E-state index in [0.717, 1.165) is 77.0 Å². The lowest BCUT2D eigenvalue weighted by Crippen LogP contribution is -2.46. The van der Waals surface area contributed by atoms with Gasteiger partial charge in [-0.3, -0.25) is 9.36 Å². The monoisotopic (exact) mass is 1300 g/mol. The molecule has 3 unspecified atom stereocenters. The van der Waals surface area contributed by atoms with Gasteiger partial charge in [-0.2, -0.15) is 0 Å². The molecule has 1 amide bonds. The highest BCUT2D eigenvalue weighted by molar-refractivity contribution is 7.45. The molecule has 0 fully saturated rings. The minimum Gasteiger partial charge on any atom is -0.756 e. The second-order valence-electron chi connectivity index (χ2n) is 28.4. The first-order chi connectivity index (χ1) is 44.5. The van der Waals surface area contributed by atoms with Crippen LogP contribution in [0.5, 0.6) is 0 Å². The van der Waals surface area contributed by atoms with Gasteiger partial charge in [0.05, 0.1) is 39.9 Å². The van der Waals surface area contributed by atoms with Gasteiger partial charge in [-0.25, -0.2) is 0 Å². The molecule has 0 rings (SSSR count). The van der Waals surface area contributed by atoms with Gasteiger partial charge in [-0.05, 0) is 64.2 Å². The molecule has 0 aliphatic heterocycles. The largest absolute Gasteiger partial charge is 0.756 e. The number of hydrogen-bond donors (Lipinski definition) is 2. The van der Waals surface area contributed by atoms with E-state index in [9.17, 15) is 19.4 Å². The van der Waals surface area contributed by atoms with Gasteiger partial charge < -0.3 is 28.8 Å². The number of phosphoric acid groups is 1. The van der Waals surface area contributed by atoms with E-state index in [0.29, 0.717) is 23.9 Å². The summed E-state index contributed by atoms with van der Waals surface area (Å²) < 4.78 is 23.6. The summed E-state index contributed by atoms with van der Waals surface area (Å²) in [5.41, 5.74) is 0. The van der Waals surface area contributed by atoms with Crippen molar-refractivity contribution in [3.8, 4) is 0 Å². The van der Waals surface area contributed by atoms with Crippen molar-refractivity contribution in [1.82, 2.24) is 5.32 Å². The first-order valence-electron chi connectivity index (χ1n) is 39.8. The average Bonchev–Trinajstić information content (AvgIpc) is 3.58. The number of nitrogens with one attached hydrogen (secondary N) is 1. The SMILES string of the molecule is CC/C=C\C/C=C\C/C=C\C/C=C\C/C=C\C/C=C\CCCCCCCCCCCCCCCCCCCCCCC(=O)NC(COP(=O)([O-])OCC[N+](C)(C)C)C(O)CCCCCCCCCCCCCCCCCCCCCCCCCCCCCCCC. The Kier molecular flexibility index (Phi) is 70.6. The van der Waals surface area contributed by atoms with Gasteiger partial charge in [0, 0.05) is 6.42 Å². The number of unbranched alkanes of at least 4 members (excludes halogenated alkanes) is 49. The number of aliphatic hydroxyl groups is 1. The molecule has 91 heavy (non-hydrogen) atoms. The number of phosphoric ester groups is 1. The van der Waals surface area contributed by atoms with Crippen molar-refractivity contribution < 1.29 is 32.9 Å². The van der Waals surface area contributed by atoms with Crippen molar-refractivity contribution in [3.05, 3.63) is 72.9 Å². The molecule has 0 bridgehead atoms. The highest BCUT2D eigenvalue weighted by atomic mass is 31.2. The second-order valence-corrected chi connectivity index (χ2v) is 29.8. The van der Waals surface area contributed by atoms with Crippen LogP contribution in [0.1, 0.15) is 393 Å². The molecular weight excluding hydrogens is 1140 g/mol. The van der Waals surface area contributed by atoms with Crippen LogP contribution in [0.25, 0.3) is 0 Å². The Hall–Kier alpha value is -2.06. The fourth-order valence-corrected chi connectivity index (χ4v) is 12.8. The zero-order chi connectivity index (χ0) is 66.2. The lowest BCUT2D eigenvalue weighted by atomic mass is 10.0. The van der Waals surface area contributed by atoms with Gasteiger partial charge in [0.1, 0.15) is 13.2 Å². The van der Waals surface area contributed by atoms with E-state index in [4.69, 9.17) is 9.05 Å². The highest BCUT2D eigenvalue weighted by Crippen LogP contribution is 2.38. The van der Waals surface area contributed by atoms with Crippen LogP contribution in [0.2, 0.25) is 0 Å². The summed E-state index contributed by atoms with van der Waals surface area (Å²) in [6.07, 6.45) is 102. The molecule has 534 valence electrons. The molecule has 0 spiro atoms. The minimum absolute atomic E-state index is 0.0130. The van der Waals surface area contributed by atoms with E-state index in [1.165, 1.54) is 289 Å². The smallest absolute Gasteiger partial charge is 0.268 e. The van der Waals surface area contributed by atoms with Gasteiger partial charge in [-0.15, -0.1) is 0 Å². The molecule has 0 aliphatic carbocycles. The van der Waals surface area contributed by atoms with E-state index < -0.39 is 20.0 Å². The standard InChI is InChI=1S/C82H155N2O6P/c1-6-8-10-12-14-16-18-20-22-24-26-28-30-32-34-36-38-39-40-41-42-43-44-45-46-48-50-52-54-56-58-60-62-64-66-68-70-72-74-76-82(86)83-80(79-90-91(87,88)89-78-77-84(3,4)5)81(85)75-73-71-69-67-65-63-61-59-57-55-53-51-49-47-37-35-33-31-29-27-25-23-21-19-17-15-13-11-9-7-2/h8,10,14,16,20,22,26,28,32,34,38-39,80-81,85H,6-7,9,11-13,15,17-19,21,23-25,27,29-31,33,35-37,40-79H2,1-5H3,(H-,83,86,87,88)/b10-8-,16-14-,22-20-,28-26-,34-32-,39-38-. The molecule has 0 saturated heterocycles. The lowest BCUT2D eigenvalue weighted by molar-refractivity contribution is -0.870. The molecule has 0 radical (unpaired) electrons. The summed E-state index contributed by atoms with van der Waals surface area (Å²) >= 11 is 0. The van der Waals surface area contributed by atoms with Crippen LogP contribution in [0.15, 0.2) is 72.9 Å². The number of carbonyl (C=O) groups is 1. The van der Waals surface area contributed by atoms with E-state index in [-0.39, 0.29) is 19.1 Å². The predicted octanol–water partition coefficient (Wildman–Crippen LogP) is 25.4. The van der Waals surface area contributed by atoms with Crippen LogP contribution in [0.4, 0.5) is 0 Å². The van der Waals surface area contributed by atoms with Crippen LogP contribution < -0.4 is 10.2 Å². The predicted molar refractivity (Wildman–Crippen MR) is 399 cm³/mol. The van der Waals surface area contributed by atoms with Crippen LogP contribution >= 0.6 is 7.82 Å². The maximum absolute atomic E-state index is 13.1. The number of allylic oxidation sites excluding steroid dienone is 12. The van der Waals surface area contributed by atoms with Crippen LogP contribution in [0, 0.1) is 0 Å². The molecule has 3 atom stereocenters. The van der Waals surface area contributed by atoms with Crippen molar-refractivity contribution in [2.75, 3.05) is 40.9 Å². The zero-order valence-corrected chi connectivity index (χ0v) is 62.2. The fourth-order valence-electron chi connectivity index (χ4n) is 12.1. The summed E-state index contributed by atoms with van der Waals surface area (Å²) in [6, 6.07) is -0.804. The molecule has 9 heteroatoms. The fraction of sp³-hybridized carbons (Fsp3) is 0.841. The number of hydrogen-bond acceptors (Lipinski definition) is 6. The third-order valence-corrected chi connectivity index (χ3v) is 19.2. The summed E-state index contributed by atoms with van der Waals surface area (Å²) in [5, 5.41) is 14.1. The van der Waals surface area contributed by atoms with E-state index in [2.05, 4.69) is 92.1 Å². The number of aliphatic hydroxyl groups excluding tert-OH is 1. The molecular formula is C82H155N2O6P. The molecule has 8 nitrogen and oxygen atoms in total. The van der Waals surface area contributed by atoms with Gasteiger partial charge in [0.2, 0.25) is 5.91 Å². The Morgan fingerprint density at radius 2 is 0.670 bits per heavy atom. The Bertz CT molecular complexity index is 1720. The van der Waals surface area contributed by atoms with Crippen molar-refractivity contribution >= 4 is 13.7 Å². The summed E-state index contributed by atoms with van der Waals surface area (Å²) in [6.45, 7) is 4.66. The molecule has 0 heterocycles. The number of rotatable bonds is 74. The van der Waals surface area contributed by atoms with E-state index in [1.54, 1.807) is 0 Å². The van der Waals surface area contributed by atoms with Crippen LogP contribution in [0.3, 0.4) is 0 Å². The molecule has 0 saturated carbocycles. The van der Waals surface area contributed by atoms with Gasteiger partial charge in [0.15, 0.2) is 0 Å². The lowest BCUT2D eigenvalue weighted by Gasteiger charge is -2.30. The number of nitrogens with zero attached hydrogens (tertiary/aromatic N) is 1. The first kappa shape index (κ1) is 88.9. The third-order valence-electron chi connectivity index (χ3n) is 18.2. The van der Waals surface area contributed by atoms with Crippen molar-refractivity contribution in [1.29, 1.82) is 0 Å². The van der Waals surface area contributed by atoms with Gasteiger partial charge in [0.25, 0.3) is 7.82 Å². The summed E-state index contributed by atoms with van der Waals surface area (Å²) in [7, 11) is 1.32. The van der Waals surface area contributed by atoms with Crippen molar-refractivity contribution in [3.63, 3.8) is 0 Å². The molecule has 0 aromatic rings. The molecule has 0 aromatic carbocycles. The number of quaternary nitrogens is 1. The van der Waals surface area contributed by atoms with E-state index >= 15 is 0 Å². The molecule has 0 aromatic heterocycles. The number of carbonyl (C=O) groups excluding carboxylic acids is 1. The topological polar surface area (TPSA) is 108 Å². The Balaban J connectivity index is 3.93. The Morgan fingerprint density at radius 3 is 0.978 bits per heavy atom. The van der Waals surface area contributed by atoms with Crippen LogP contribution in [-0.4, -0.2) is 68.5 Å². The average molecular weight is 1300 g/mol. The maximum atomic E-state index is 13.1. The highest BCUT2D eigenvalue weighted by Gasteiger charge is 2.24. The normalized spacial score (nSPS) is 13.9. The number of amides is 1. The molecule has 2 N–H and O–H groups in total. The maximum Gasteiger partial charge on any atom is 0.268 e. The van der Waals surface area contributed by atoms with E-state index in [1.807, 2.05) is 21.1 Å².